The molecular weight excluding hydrogens is 306 g/mol. The Morgan fingerprint density at radius 1 is 1.17 bits per heavy atom. The standard InChI is InChI=1S/C18H27N3O3/c1-15(22)21(14-18(23)19-10-13-24-2)17-8-6-16(7-9-17)20-11-4-3-5-12-20/h6-9H,3-5,10-14H2,1-2H3,(H,19,23). The van der Waals surface area contributed by atoms with Gasteiger partial charge in [-0.25, -0.2) is 0 Å². The van der Waals surface area contributed by atoms with E-state index in [2.05, 4.69) is 10.2 Å². The second-order valence-corrected chi connectivity index (χ2v) is 6.01. The molecule has 6 heteroatoms. The van der Waals surface area contributed by atoms with Crippen molar-refractivity contribution in [1.29, 1.82) is 0 Å². The Hall–Kier alpha value is -2.08. The number of carbonyl (C=O) groups is 2. The van der Waals surface area contributed by atoms with Crippen molar-refractivity contribution < 1.29 is 14.3 Å². The summed E-state index contributed by atoms with van der Waals surface area (Å²) in [5.74, 6) is -0.343. The first-order chi connectivity index (χ1) is 11.6. The number of benzene rings is 1. The highest BCUT2D eigenvalue weighted by atomic mass is 16.5. The summed E-state index contributed by atoms with van der Waals surface area (Å²) in [4.78, 5) is 27.7. The third-order valence-electron chi connectivity index (χ3n) is 4.19. The molecule has 0 radical (unpaired) electrons. The van der Waals surface area contributed by atoms with E-state index in [4.69, 9.17) is 4.74 Å². The molecule has 0 saturated carbocycles. The number of hydrogen-bond donors (Lipinski definition) is 1. The van der Waals surface area contributed by atoms with Crippen molar-refractivity contribution >= 4 is 23.2 Å². The molecule has 0 unspecified atom stereocenters. The van der Waals surface area contributed by atoms with Gasteiger partial charge in [-0.2, -0.15) is 0 Å². The Morgan fingerprint density at radius 2 is 1.83 bits per heavy atom. The number of carbonyl (C=O) groups excluding carboxylic acids is 2. The lowest BCUT2D eigenvalue weighted by atomic mass is 10.1. The van der Waals surface area contributed by atoms with E-state index in [1.54, 1.807) is 7.11 Å². The fourth-order valence-electron chi connectivity index (χ4n) is 2.87. The van der Waals surface area contributed by atoms with Gasteiger partial charge in [0.15, 0.2) is 0 Å². The molecule has 1 aromatic rings. The van der Waals surface area contributed by atoms with E-state index in [1.165, 1.54) is 36.8 Å². The van der Waals surface area contributed by atoms with Gasteiger partial charge in [-0.05, 0) is 43.5 Å². The van der Waals surface area contributed by atoms with Crippen LogP contribution >= 0.6 is 0 Å². The van der Waals surface area contributed by atoms with Crippen molar-refractivity contribution in [3.05, 3.63) is 24.3 Å². The molecule has 1 aromatic carbocycles. The van der Waals surface area contributed by atoms with Crippen molar-refractivity contribution in [2.24, 2.45) is 0 Å². The predicted molar refractivity (Wildman–Crippen MR) is 95.4 cm³/mol. The number of anilines is 2. The van der Waals surface area contributed by atoms with E-state index in [9.17, 15) is 9.59 Å². The van der Waals surface area contributed by atoms with E-state index in [1.807, 2.05) is 24.3 Å². The van der Waals surface area contributed by atoms with Crippen molar-refractivity contribution in [2.75, 3.05) is 49.7 Å². The fraction of sp³-hybridized carbons (Fsp3) is 0.556. The Bertz CT molecular complexity index is 539. The van der Waals surface area contributed by atoms with Gasteiger partial charge in [0, 0.05) is 45.0 Å². The monoisotopic (exact) mass is 333 g/mol. The molecule has 132 valence electrons. The number of nitrogens with zero attached hydrogens (tertiary/aromatic N) is 2. The third kappa shape index (κ3) is 5.23. The Kier molecular flexibility index (Phi) is 7.06. The normalized spacial score (nSPS) is 14.3. The molecule has 1 aliphatic heterocycles. The van der Waals surface area contributed by atoms with Crippen LogP contribution in [0.4, 0.5) is 11.4 Å². The molecule has 6 nitrogen and oxygen atoms in total. The van der Waals surface area contributed by atoms with Gasteiger partial charge < -0.3 is 19.9 Å². The summed E-state index contributed by atoms with van der Waals surface area (Å²) in [5, 5.41) is 2.74. The topological polar surface area (TPSA) is 61.9 Å². The average molecular weight is 333 g/mol. The molecule has 1 fully saturated rings. The van der Waals surface area contributed by atoms with Crippen molar-refractivity contribution in [2.45, 2.75) is 26.2 Å². The zero-order chi connectivity index (χ0) is 17.4. The Morgan fingerprint density at radius 3 is 2.42 bits per heavy atom. The Balaban J connectivity index is 1.99. The van der Waals surface area contributed by atoms with Crippen LogP contribution in [-0.4, -0.2) is 51.7 Å². The van der Waals surface area contributed by atoms with Gasteiger partial charge in [-0.15, -0.1) is 0 Å². The van der Waals surface area contributed by atoms with Gasteiger partial charge in [-0.3, -0.25) is 9.59 Å². The number of hydrogen-bond acceptors (Lipinski definition) is 4. The molecule has 24 heavy (non-hydrogen) atoms. The van der Waals surface area contributed by atoms with Crippen LogP contribution in [0.15, 0.2) is 24.3 Å². The molecule has 1 heterocycles. The SMILES string of the molecule is COCCNC(=O)CN(C(C)=O)c1ccc(N2CCCCC2)cc1. The molecule has 0 atom stereocenters. The summed E-state index contributed by atoms with van der Waals surface area (Å²) < 4.78 is 4.90. The number of methoxy groups -OCH3 is 1. The number of piperidine rings is 1. The summed E-state index contributed by atoms with van der Waals surface area (Å²) in [7, 11) is 1.58. The quantitative estimate of drug-likeness (QED) is 0.773. The molecule has 2 rings (SSSR count). The van der Waals surface area contributed by atoms with Crippen LogP contribution in [0.2, 0.25) is 0 Å². The zero-order valence-electron chi connectivity index (χ0n) is 14.6. The maximum atomic E-state index is 12.0. The summed E-state index contributed by atoms with van der Waals surface area (Å²) in [6.45, 7) is 4.55. The minimum atomic E-state index is -0.192. The average Bonchev–Trinajstić information content (AvgIpc) is 2.61. The molecule has 0 aliphatic carbocycles. The first-order valence-corrected chi connectivity index (χ1v) is 8.50. The highest BCUT2D eigenvalue weighted by Gasteiger charge is 2.16. The van der Waals surface area contributed by atoms with Crippen molar-refractivity contribution in [3.63, 3.8) is 0 Å². The molecule has 1 N–H and O–H groups in total. The summed E-state index contributed by atoms with van der Waals surface area (Å²) in [6.07, 6.45) is 3.75. The number of nitrogens with one attached hydrogen (secondary N) is 1. The summed E-state index contributed by atoms with van der Waals surface area (Å²) >= 11 is 0. The molecular formula is C18H27N3O3. The van der Waals surface area contributed by atoms with Crippen LogP contribution in [0.5, 0.6) is 0 Å². The molecule has 0 aromatic heterocycles. The fourth-order valence-corrected chi connectivity index (χ4v) is 2.87. The first-order valence-electron chi connectivity index (χ1n) is 8.50. The van der Waals surface area contributed by atoms with Crippen LogP contribution in [0.3, 0.4) is 0 Å². The predicted octanol–water partition coefficient (Wildman–Crippen LogP) is 1.79. The lowest BCUT2D eigenvalue weighted by Gasteiger charge is -2.29. The molecule has 1 aliphatic rings. The largest absolute Gasteiger partial charge is 0.383 e. The molecule has 2 amide bonds. The van der Waals surface area contributed by atoms with Gasteiger partial charge in [0.25, 0.3) is 0 Å². The van der Waals surface area contributed by atoms with Gasteiger partial charge in [0.05, 0.1) is 6.61 Å². The second kappa shape index (κ2) is 9.27. The maximum absolute atomic E-state index is 12.0. The number of amides is 2. The molecule has 0 spiro atoms. The molecule has 0 bridgehead atoms. The Labute approximate surface area is 143 Å². The number of rotatable bonds is 7. The second-order valence-electron chi connectivity index (χ2n) is 6.01. The lowest BCUT2D eigenvalue weighted by Crippen LogP contribution is -2.40. The first kappa shape index (κ1) is 18.3. The van der Waals surface area contributed by atoms with Crippen LogP contribution in [0.25, 0.3) is 0 Å². The van der Waals surface area contributed by atoms with E-state index < -0.39 is 0 Å². The summed E-state index contributed by atoms with van der Waals surface area (Å²) in [6, 6.07) is 7.88. The van der Waals surface area contributed by atoms with Crippen molar-refractivity contribution in [1.82, 2.24) is 5.32 Å². The van der Waals surface area contributed by atoms with Gasteiger partial charge in [0.2, 0.25) is 11.8 Å². The van der Waals surface area contributed by atoms with Crippen molar-refractivity contribution in [3.8, 4) is 0 Å². The minimum absolute atomic E-state index is 0.0160. The van der Waals surface area contributed by atoms with Crippen LogP contribution in [0, 0.1) is 0 Å². The van der Waals surface area contributed by atoms with Crippen LogP contribution in [-0.2, 0) is 14.3 Å². The third-order valence-corrected chi connectivity index (χ3v) is 4.19. The smallest absolute Gasteiger partial charge is 0.240 e. The lowest BCUT2D eigenvalue weighted by molar-refractivity contribution is -0.123. The zero-order valence-corrected chi connectivity index (χ0v) is 14.6. The van der Waals surface area contributed by atoms with E-state index in [0.29, 0.717) is 13.2 Å². The number of ether oxygens (including phenoxy) is 1. The highest BCUT2D eigenvalue weighted by molar-refractivity contribution is 5.97. The van der Waals surface area contributed by atoms with Gasteiger partial charge >= 0.3 is 0 Å². The maximum Gasteiger partial charge on any atom is 0.240 e. The van der Waals surface area contributed by atoms with E-state index >= 15 is 0 Å². The van der Waals surface area contributed by atoms with Crippen LogP contribution in [0.1, 0.15) is 26.2 Å². The summed E-state index contributed by atoms with van der Waals surface area (Å²) in [5.41, 5.74) is 1.91. The van der Waals surface area contributed by atoms with E-state index in [-0.39, 0.29) is 18.4 Å². The van der Waals surface area contributed by atoms with Gasteiger partial charge in [0.1, 0.15) is 6.54 Å². The minimum Gasteiger partial charge on any atom is -0.383 e. The highest BCUT2D eigenvalue weighted by Crippen LogP contribution is 2.23. The van der Waals surface area contributed by atoms with E-state index in [0.717, 1.165) is 18.8 Å². The molecule has 1 saturated heterocycles. The van der Waals surface area contributed by atoms with Crippen LogP contribution < -0.4 is 15.1 Å². The van der Waals surface area contributed by atoms with Gasteiger partial charge in [-0.1, -0.05) is 0 Å².